The molecule has 3 aromatic rings. The second kappa shape index (κ2) is 13.3. The summed E-state index contributed by atoms with van der Waals surface area (Å²) in [6.45, 7) is 4.82. The summed E-state index contributed by atoms with van der Waals surface area (Å²) < 4.78 is 11.8. The predicted octanol–water partition coefficient (Wildman–Crippen LogP) is 7.30. The Hall–Kier alpha value is -3.12. The van der Waals surface area contributed by atoms with E-state index in [0.717, 1.165) is 62.3 Å². The molecule has 2 aliphatic rings. The first-order valence-corrected chi connectivity index (χ1v) is 14.0. The number of carboxylic acid groups (broad SMARTS) is 1. The molecule has 1 N–H and O–H groups in total. The van der Waals surface area contributed by atoms with E-state index in [9.17, 15) is 9.90 Å². The molecular formula is C33H41NO4S. The maximum atomic E-state index is 11.4. The number of benzene rings is 3. The Morgan fingerprint density at radius 2 is 1.72 bits per heavy atom. The number of nitrogens with zero attached hydrogens (tertiary/aromatic N) is 1. The molecule has 1 saturated heterocycles. The SMILES string of the molecule is CCc1ccc(-c2ccc(OC)cc2N2CCC(COc3cccc([C@@H](CC(=O)O)C4CC4)c3)CC2)cc1.S. The van der Waals surface area contributed by atoms with Gasteiger partial charge in [-0.2, -0.15) is 13.5 Å². The van der Waals surface area contributed by atoms with Gasteiger partial charge in [-0.3, -0.25) is 4.79 Å². The molecule has 3 aromatic carbocycles. The van der Waals surface area contributed by atoms with Gasteiger partial charge in [0.05, 0.1) is 20.1 Å². The van der Waals surface area contributed by atoms with Gasteiger partial charge in [0.2, 0.25) is 0 Å². The van der Waals surface area contributed by atoms with Crippen LogP contribution in [0.25, 0.3) is 11.1 Å². The number of aryl methyl sites for hydroxylation is 1. The predicted molar refractivity (Wildman–Crippen MR) is 163 cm³/mol. The highest BCUT2D eigenvalue weighted by Crippen LogP contribution is 2.45. The second-order valence-electron chi connectivity index (χ2n) is 10.8. The zero-order valence-electron chi connectivity index (χ0n) is 23.1. The van der Waals surface area contributed by atoms with E-state index in [2.05, 4.69) is 60.4 Å². The molecule has 2 fully saturated rings. The van der Waals surface area contributed by atoms with E-state index in [0.29, 0.717) is 18.4 Å². The van der Waals surface area contributed by atoms with E-state index in [4.69, 9.17) is 9.47 Å². The van der Waals surface area contributed by atoms with Crippen molar-refractivity contribution in [1.29, 1.82) is 0 Å². The van der Waals surface area contributed by atoms with Crippen molar-refractivity contribution in [2.24, 2.45) is 11.8 Å². The van der Waals surface area contributed by atoms with Gasteiger partial charge in [-0.05, 0) is 90.8 Å². The largest absolute Gasteiger partial charge is 0.497 e. The minimum absolute atomic E-state index is 0. The van der Waals surface area contributed by atoms with Gasteiger partial charge >= 0.3 is 5.97 Å². The number of aliphatic carboxylic acids is 1. The number of carboxylic acids is 1. The van der Waals surface area contributed by atoms with Crippen LogP contribution in [0.15, 0.2) is 66.7 Å². The molecule has 1 saturated carbocycles. The molecule has 1 atom stereocenters. The van der Waals surface area contributed by atoms with Crippen molar-refractivity contribution in [2.45, 2.75) is 51.4 Å². The van der Waals surface area contributed by atoms with E-state index >= 15 is 0 Å². The van der Waals surface area contributed by atoms with Gasteiger partial charge in [-0.1, -0.05) is 43.3 Å². The molecule has 1 heterocycles. The minimum Gasteiger partial charge on any atom is -0.497 e. The molecule has 0 radical (unpaired) electrons. The Labute approximate surface area is 239 Å². The third-order valence-electron chi connectivity index (χ3n) is 8.19. The van der Waals surface area contributed by atoms with Gasteiger partial charge in [0.15, 0.2) is 0 Å². The highest BCUT2D eigenvalue weighted by atomic mass is 32.1. The fourth-order valence-electron chi connectivity index (χ4n) is 5.70. The number of hydrogen-bond donors (Lipinski definition) is 1. The summed E-state index contributed by atoms with van der Waals surface area (Å²) in [5.41, 5.74) is 6.15. The Kier molecular flexibility index (Phi) is 9.84. The number of methoxy groups -OCH3 is 1. The molecule has 0 spiro atoms. The molecule has 1 aliphatic heterocycles. The van der Waals surface area contributed by atoms with Gasteiger partial charge in [0, 0.05) is 30.4 Å². The van der Waals surface area contributed by atoms with Crippen molar-refractivity contribution in [3.05, 3.63) is 77.9 Å². The maximum Gasteiger partial charge on any atom is 0.303 e. The first-order chi connectivity index (χ1) is 18.5. The quantitative estimate of drug-likeness (QED) is 0.273. The molecule has 39 heavy (non-hydrogen) atoms. The molecule has 208 valence electrons. The zero-order chi connectivity index (χ0) is 26.5. The topological polar surface area (TPSA) is 59.0 Å². The maximum absolute atomic E-state index is 11.4. The van der Waals surface area contributed by atoms with E-state index < -0.39 is 5.97 Å². The fourth-order valence-corrected chi connectivity index (χ4v) is 5.70. The standard InChI is InChI=1S/C33H39NO4.H2S/c1-3-23-7-9-25(10-8-23)30-14-13-28(37-2)20-32(30)34-17-15-24(16-18-34)22-38-29-6-4-5-27(19-29)31(21-33(35)36)26-11-12-26;/h4-10,13-14,19-20,24,26,31H,3,11-12,15-18,21-22H2,1-2H3,(H,35,36);1H2/t31-;/m0./s1. The van der Waals surface area contributed by atoms with Crippen LogP contribution in [0.1, 0.15) is 56.1 Å². The van der Waals surface area contributed by atoms with Gasteiger partial charge < -0.3 is 19.5 Å². The average molecular weight is 548 g/mol. The summed E-state index contributed by atoms with van der Waals surface area (Å²) in [7, 11) is 1.72. The van der Waals surface area contributed by atoms with Gasteiger partial charge in [-0.15, -0.1) is 0 Å². The molecular weight excluding hydrogens is 506 g/mol. The van der Waals surface area contributed by atoms with Gasteiger partial charge in [-0.25, -0.2) is 0 Å². The fraction of sp³-hybridized carbons (Fsp3) is 0.424. The van der Waals surface area contributed by atoms with Crippen LogP contribution in [0.3, 0.4) is 0 Å². The van der Waals surface area contributed by atoms with E-state index in [1.807, 2.05) is 18.2 Å². The molecule has 1 aliphatic carbocycles. The summed E-state index contributed by atoms with van der Waals surface area (Å²) in [6, 6.07) is 23.4. The van der Waals surface area contributed by atoms with Crippen LogP contribution < -0.4 is 14.4 Å². The Bertz CT molecular complexity index is 1230. The van der Waals surface area contributed by atoms with Crippen molar-refractivity contribution in [3.8, 4) is 22.6 Å². The lowest BCUT2D eigenvalue weighted by Crippen LogP contribution is -2.35. The first kappa shape index (κ1) is 28.9. The number of carbonyl (C=O) groups is 1. The van der Waals surface area contributed by atoms with Crippen LogP contribution in [0.4, 0.5) is 5.69 Å². The van der Waals surface area contributed by atoms with Crippen LogP contribution in [-0.2, 0) is 11.2 Å². The van der Waals surface area contributed by atoms with Crippen molar-refractivity contribution in [2.75, 3.05) is 31.7 Å². The normalized spacial score (nSPS) is 16.3. The van der Waals surface area contributed by atoms with Crippen molar-refractivity contribution >= 4 is 25.2 Å². The number of hydrogen-bond acceptors (Lipinski definition) is 4. The average Bonchev–Trinajstić information content (AvgIpc) is 3.80. The molecule has 0 bridgehead atoms. The third-order valence-corrected chi connectivity index (χ3v) is 8.19. The smallest absolute Gasteiger partial charge is 0.303 e. The number of anilines is 1. The molecule has 0 amide bonds. The lowest BCUT2D eigenvalue weighted by molar-refractivity contribution is -0.137. The Balaban J connectivity index is 0.00000353. The molecule has 0 aromatic heterocycles. The van der Waals surface area contributed by atoms with Crippen LogP contribution in [0.5, 0.6) is 11.5 Å². The lowest BCUT2D eigenvalue weighted by Gasteiger charge is -2.35. The van der Waals surface area contributed by atoms with Crippen LogP contribution in [0, 0.1) is 11.8 Å². The van der Waals surface area contributed by atoms with Crippen molar-refractivity contribution in [3.63, 3.8) is 0 Å². The monoisotopic (exact) mass is 547 g/mol. The third kappa shape index (κ3) is 7.30. The van der Waals surface area contributed by atoms with E-state index in [1.165, 1.54) is 22.4 Å². The van der Waals surface area contributed by atoms with Gasteiger partial charge in [0.1, 0.15) is 11.5 Å². The Morgan fingerprint density at radius 1 is 0.974 bits per heavy atom. The van der Waals surface area contributed by atoms with Crippen LogP contribution >= 0.6 is 13.5 Å². The van der Waals surface area contributed by atoms with E-state index in [1.54, 1.807) is 7.11 Å². The van der Waals surface area contributed by atoms with Crippen LogP contribution in [0.2, 0.25) is 0 Å². The minimum atomic E-state index is -0.725. The second-order valence-corrected chi connectivity index (χ2v) is 10.8. The van der Waals surface area contributed by atoms with Crippen molar-refractivity contribution in [1.82, 2.24) is 0 Å². The summed E-state index contributed by atoms with van der Waals surface area (Å²) in [4.78, 5) is 13.9. The first-order valence-electron chi connectivity index (χ1n) is 14.0. The zero-order valence-corrected chi connectivity index (χ0v) is 24.1. The number of ether oxygens (including phenoxy) is 2. The molecule has 5 rings (SSSR count). The van der Waals surface area contributed by atoms with Gasteiger partial charge in [0.25, 0.3) is 0 Å². The van der Waals surface area contributed by atoms with E-state index in [-0.39, 0.29) is 25.8 Å². The summed E-state index contributed by atoms with van der Waals surface area (Å²) >= 11 is 0. The molecule has 0 unspecified atom stereocenters. The lowest BCUT2D eigenvalue weighted by atomic mass is 9.91. The summed E-state index contributed by atoms with van der Waals surface area (Å²) in [5.74, 6) is 2.09. The number of rotatable bonds is 11. The highest BCUT2D eigenvalue weighted by molar-refractivity contribution is 7.59. The summed E-state index contributed by atoms with van der Waals surface area (Å²) in [5, 5.41) is 9.36. The molecule has 6 heteroatoms. The highest BCUT2D eigenvalue weighted by Gasteiger charge is 2.34. The summed E-state index contributed by atoms with van der Waals surface area (Å²) in [6.07, 6.45) is 5.62. The molecule has 5 nitrogen and oxygen atoms in total. The Morgan fingerprint density at radius 3 is 2.36 bits per heavy atom. The van der Waals surface area contributed by atoms with Crippen LogP contribution in [-0.4, -0.2) is 37.9 Å². The van der Waals surface area contributed by atoms with Crippen molar-refractivity contribution < 1.29 is 19.4 Å². The number of piperidine rings is 1.